The lowest BCUT2D eigenvalue weighted by Crippen LogP contribution is -2.41. The van der Waals surface area contributed by atoms with Crippen molar-refractivity contribution in [1.29, 1.82) is 0 Å². The summed E-state index contributed by atoms with van der Waals surface area (Å²) in [5.74, 6) is -3.35. The predicted molar refractivity (Wildman–Crippen MR) is 43.3 cm³/mol. The molecule has 0 N–H and O–H groups in total. The van der Waals surface area contributed by atoms with E-state index < -0.39 is 27.8 Å². The molecule has 0 aliphatic carbocycles. The summed E-state index contributed by atoms with van der Waals surface area (Å²) >= 11 is 16.2. The topological polar surface area (TPSA) is 66.4 Å². The predicted octanol–water partition coefficient (Wildman–Crippen LogP) is 0.0382. The number of halogens is 3. The molecule has 0 aromatic carbocycles. The van der Waals surface area contributed by atoms with Gasteiger partial charge in [0.25, 0.3) is 0 Å². The molecule has 0 spiro atoms. The zero-order valence-electron chi connectivity index (χ0n) is 6.13. The van der Waals surface area contributed by atoms with Gasteiger partial charge in [-0.3, -0.25) is 4.79 Å². The van der Waals surface area contributed by atoms with Crippen molar-refractivity contribution in [2.75, 3.05) is 0 Å². The normalized spacial score (nSPS) is 28.7. The molecule has 1 saturated heterocycles. The average molecular weight is 246 g/mol. The molecule has 7 heteroatoms. The number of carbonyl (C=O) groups is 2. The maximum absolute atomic E-state index is 10.7. The first-order valence-electron chi connectivity index (χ1n) is 3.29. The van der Waals surface area contributed by atoms with Gasteiger partial charge in [-0.2, -0.15) is 0 Å². The Labute approximate surface area is 88.7 Å². The number of carbonyl (C=O) groups excluding carboxylic acids is 2. The molecular formula is C6H4Cl3O4-. The zero-order valence-corrected chi connectivity index (χ0v) is 8.40. The maximum atomic E-state index is 10.7. The van der Waals surface area contributed by atoms with Gasteiger partial charge in [0.1, 0.15) is 0 Å². The van der Waals surface area contributed by atoms with Gasteiger partial charge in [-0.05, 0) is 0 Å². The van der Waals surface area contributed by atoms with E-state index in [9.17, 15) is 14.7 Å². The van der Waals surface area contributed by atoms with E-state index in [0.29, 0.717) is 0 Å². The van der Waals surface area contributed by atoms with E-state index in [1.807, 2.05) is 0 Å². The minimum Gasteiger partial charge on any atom is -0.550 e. The molecule has 2 unspecified atom stereocenters. The van der Waals surface area contributed by atoms with Crippen LogP contribution in [0.15, 0.2) is 0 Å². The smallest absolute Gasteiger partial charge is 0.307 e. The first kappa shape index (κ1) is 10.9. The lowest BCUT2D eigenvalue weighted by molar-refractivity contribution is -0.312. The summed E-state index contributed by atoms with van der Waals surface area (Å²) in [5, 5.41) is 10.5. The van der Waals surface area contributed by atoms with E-state index in [1.54, 1.807) is 0 Å². The van der Waals surface area contributed by atoms with E-state index >= 15 is 0 Å². The van der Waals surface area contributed by atoms with Gasteiger partial charge in [0, 0.05) is 5.97 Å². The van der Waals surface area contributed by atoms with Crippen molar-refractivity contribution >= 4 is 46.7 Å². The van der Waals surface area contributed by atoms with Crippen LogP contribution in [-0.2, 0) is 14.3 Å². The largest absolute Gasteiger partial charge is 0.550 e. The quantitative estimate of drug-likeness (QED) is 0.484. The highest BCUT2D eigenvalue weighted by Gasteiger charge is 2.47. The Bertz CT molecular complexity index is 247. The lowest BCUT2D eigenvalue weighted by Gasteiger charge is -2.24. The molecule has 4 nitrogen and oxygen atoms in total. The third-order valence-electron chi connectivity index (χ3n) is 1.64. The molecule has 0 saturated carbocycles. The number of aliphatic carboxylic acids is 1. The van der Waals surface area contributed by atoms with Crippen LogP contribution in [0, 0.1) is 5.92 Å². The van der Waals surface area contributed by atoms with Gasteiger partial charge in [0.2, 0.25) is 3.79 Å². The minimum atomic E-state index is -1.93. The highest BCUT2D eigenvalue weighted by atomic mass is 35.6. The molecule has 1 aliphatic rings. The van der Waals surface area contributed by atoms with Crippen molar-refractivity contribution < 1.29 is 19.4 Å². The number of carboxylic acid groups (broad SMARTS) is 1. The molecule has 1 aliphatic heterocycles. The van der Waals surface area contributed by atoms with E-state index in [4.69, 9.17) is 34.8 Å². The monoisotopic (exact) mass is 245 g/mol. The summed E-state index contributed by atoms with van der Waals surface area (Å²) in [6.07, 6.45) is -1.59. The molecule has 13 heavy (non-hydrogen) atoms. The Morgan fingerprint density at radius 1 is 1.54 bits per heavy atom. The van der Waals surface area contributed by atoms with Crippen molar-refractivity contribution in [3.8, 4) is 0 Å². The fourth-order valence-corrected chi connectivity index (χ4v) is 1.65. The highest BCUT2D eigenvalue weighted by Crippen LogP contribution is 2.40. The first-order chi connectivity index (χ1) is 5.82. The second-order valence-electron chi connectivity index (χ2n) is 2.58. The Kier molecular flexibility index (Phi) is 2.95. The number of rotatable bonds is 1. The van der Waals surface area contributed by atoms with E-state index in [2.05, 4.69) is 4.74 Å². The van der Waals surface area contributed by atoms with E-state index in [0.717, 1.165) is 0 Å². The fourth-order valence-electron chi connectivity index (χ4n) is 1.06. The van der Waals surface area contributed by atoms with Crippen LogP contribution in [0.1, 0.15) is 6.42 Å². The number of carboxylic acids is 1. The summed E-state index contributed by atoms with van der Waals surface area (Å²) in [6.45, 7) is 0. The van der Waals surface area contributed by atoms with E-state index in [1.165, 1.54) is 0 Å². The van der Waals surface area contributed by atoms with Gasteiger partial charge >= 0.3 is 5.97 Å². The van der Waals surface area contributed by atoms with Crippen molar-refractivity contribution in [1.82, 2.24) is 0 Å². The standard InChI is InChI=1S/C6H5Cl3O4/c7-6(8,9)4-2(5(11)12)1-3(10)13-4/h2,4H,1H2,(H,11,12)/p-1. The van der Waals surface area contributed by atoms with Crippen LogP contribution >= 0.6 is 34.8 Å². The van der Waals surface area contributed by atoms with Gasteiger partial charge in [-0.1, -0.05) is 34.8 Å². The minimum absolute atomic E-state index is 0.319. The third kappa shape index (κ3) is 2.39. The van der Waals surface area contributed by atoms with Crippen LogP contribution in [0.2, 0.25) is 0 Å². The highest BCUT2D eigenvalue weighted by molar-refractivity contribution is 6.68. The Morgan fingerprint density at radius 2 is 2.08 bits per heavy atom. The van der Waals surface area contributed by atoms with E-state index in [-0.39, 0.29) is 6.42 Å². The summed E-state index contributed by atoms with van der Waals surface area (Å²) < 4.78 is 2.61. The molecule has 1 heterocycles. The molecule has 1 fully saturated rings. The second-order valence-corrected chi connectivity index (χ2v) is 4.95. The average Bonchev–Trinajstić information content (AvgIpc) is 2.29. The van der Waals surface area contributed by atoms with Crippen LogP contribution in [-0.4, -0.2) is 21.8 Å². The van der Waals surface area contributed by atoms with Crippen LogP contribution in [0.25, 0.3) is 0 Å². The van der Waals surface area contributed by atoms with Gasteiger partial charge in [-0.25, -0.2) is 0 Å². The molecule has 0 radical (unpaired) electrons. The zero-order chi connectivity index (χ0) is 10.2. The number of hydrogen-bond acceptors (Lipinski definition) is 4. The SMILES string of the molecule is O=C1CC(C(=O)[O-])C(C(Cl)(Cl)Cl)O1. The van der Waals surface area contributed by atoms with Crippen molar-refractivity contribution in [2.24, 2.45) is 5.92 Å². The molecular weight excluding hydrogens is 242 g/mol. The molecule has 0 aromatic rings. The Morgan fingerprint density at radius 3 is 2.38 bits per heavy atom. The number of hydrogen-bond donors (Lipinski definition) is 0. The van der Waals surface area contributed by atoms with Crippen molar-refractivity contribution in [3.63, 3.8) is 0 Å². The number of alkyl halides is 3. The molecule has 74 valence electrons. The number of ether oxygens (including phenoxy) is 1. The number of esters is 1. The molecule has 2 atom stereocenters. The summed E-state index contributed by atoms with van der Waals surface area (Å²) in [5.41, 5.74) is 0. The van der Waals surface area contributed by atoms with Crippen LogP contribution in [0.5, 0.6) is 0 Å². The lowest BCUT2D eigenvalue weighted by atomic mass is 10.0. The number of cyclic esters (lactones) is 1. The summed E-state index contributed by atoms with van der Waals surface area (Å²) in [7, 11) is 0. The maximum Gasteiger partial charge on any atom is 0.307 e. The van der Waals surface area contributed by atoms with Crippen LogP contribution in [0.4, 0.5) is 0 Å². The second kappa shape index (κ2) is 3.52. The van der Waals surface area contributed by atoms with Gasteiger partial charge in [-0.15, -0.1) is 0 Å². The van der Waals surface area contributed by atoms with Crippen LogP contribution in [0.3, 0.4) is 0 Å². The Balaban J connectivity index is 2.84. The first-order valence-corrected chi connectivity index (χ1v) is 4.43. The third-order valence-corrected chi connectivity index (χ3v) is 2.28. The Hall–Kier alpha value is -0.190. The van der Waals surface area contributed by atoms with Crippen LogP contribution < -0.4 is 5.11 Å². The molecule has 0 aromatic heterocycles. The van der Waals surface area contributed by atoms with Gasteiger partial charge in [0.15, 0.2) is 6.10 Å². The molecule has 0 bridgehead atoms. The summed E-state index contributed by atoms with van der Waals surface area (Å²) in [6, 6.07) is 0. The molecule has 0 amide bonds. The molecule has 1 rings (SSSR count). The van der Waals surface area contributed by atoms with Gasteiger partial charge < -0.3 is 14.6 Å². The summed E-state index contributed by atoms with van der Waals surface area (Å²) in [4.78, 5) is 21.2. The van der Waals surface area contributed by atoms with Gasteiger partial charge in [0.05, 0.1) is 12.3 Å². The van der Waals surface area contributed by atoms with Crippen molar-refractivity contribution in [3.05, 3.63) is 0 Å². The van der Waals surface area contributed by atoms with Crippen molar-refractivity contribution in [2.45, 2.75) is 16.3 Å². The fraction of sp³-hybridized carbons (Fsp3) is 0.667.